The lowest BCUT2D eigenvalue weighted by Crippen LogP contribution is -2.30. The number of halogens is 2. The Morgan fingerprint density at radius 2 is 1.87 bits per heavy atom. The van der Waals surface area contributed by atoms with Crippen molar-refractivity contribution in [3.8, 4) is 0 Å². The van der Waals surface area contributed by atoms with Crippen molar-refractivity contribution in [2.45, 2.75) is 26.3 Å². The normalized spacial score (nSPS) is 12.5. The van der Waals surface area contributed by atoms with E-state index in [1.807, 2.05) is 56.3 Å². The number of carbonyl (C=O) groups is 1. The Morgan fingerprint density at radius 3 is 2.57 bits per heavy atom. The Hall–Kier alpha value is -3.13. The molecule has 1 amide bonds. The number of alkyl halides is 2. The van der Waals surface area contributed by atoms with Crippen LogP contribution in [0.3, 0.4) is 0 Å². The molecule has 0 spiro atoms. The third-order valence-electron chi connectivity index (χ3n) is 5.01. The number of nitrogens with zero attached hydrogens (tertiary/aromatic N) is 3. The number of amides is 1. The van der Waals surface area contributed by atoms with Crippen molar-refractivity contribution in [1.29, 1.82) is 0 Å². The quantitative estimate of drug-likeness (QED) is 0.483. The van der Waals surface area contributed by atoms with Crippen LogP contribution < -0.4 is 5.32 Å². The van der Waals surface area contributed by atoms with Gasteiger partial charge in [-0.05, 0) is 30.2 Å². The number of fused-ring (bicyclic) bond motifs is 1. The smallest absolute Gasteiger partial charge is 0.282 e. The predicted octanol–water partition coefficient (Wildman–Crippen LogP) is 5.10. The highest BCUT2D eigenvalue weighted by Crippen LogP contribution is 2.33. The lowest BCUT2D eigenvalue weighted by molar-refractivity contribution is 0.0928. The van der Waals surface area contributed by atoms with Gasteiger partial charge in [0.25, 0.3) is 12.3 Å². The average molecular weight is 426 g/mol. The number of rotatable bonds is 5. The van der Waals surface area contributed by atoms with Gasteiger partial charge in [0.1, 0.15) is 16.7 Å². The van der Waals surface area contributed by atoms with Gasteiger partial charge in [-0.2, -0.15) is 5.10 Å². The van der Waals surface area contributed by atoms with Crippen molar-refractivity contribution >= 4 is 28.0 Å². The second-order valence-electron chi connectivity index (χ2n) is 7.07. The summed E-state index contributed by atoms with van der Waals surface area (Å²) in [6.45, 7) is 3.88. The molecule has 0 saturated heterocycles. The zero-order valence-electron chi connectivity index (χ0n) is 16.7. The second kappa shape index (κ2) is 7.95. The van der Waals surface area contributed by atoms with E-state index in [-0.39, 0.29) is 5.56 Å². The highest BCUT2D eigenvalue weighted by atomic mass is 32.1. The molecule has 8 heteroatoms. The number of nitrogens with one attached hydrogen (secondary N) is 1. The molecule has 0 bridgehead atoms. The number of carbonyl (C=O) groups excluding carboxylic acids is 1. The Balaban J connectivity index is 1.82. The van der Waals surface area contributed by atoms with Crippen molar-refractivity contribution in [1.82, 2.24) is 20.1 Å². The van der Waals surface area contributed by atoms with Gasteiger partial charge in [-0.25, -0.2) is 13.8 Å². The number of thiazole rings is 1. The van der Waals surface area contributed by atoms with Gasteiger partial charge in [0, 0.05) is 18.1 Å². The molecule has 0 aliphatic rings. The molecule has 0 aliphatic heterocycles. The summed E-state index contributed by atoms with van der Waals surface area (Å²) in [5.74, 6) is -0.609. The first-order chi connectivity index (χ1) is 14.3. The molecule has 0 aliphatic carbocycles. The van der Waals surface area contributed by atoms with Crippen molar-refractivity contribution in [2.24, 2.45) is 7.05 Å². The monoisotopic (exact) mass is 426 g/mol. The van der Waals surface area contributed by atoms with Crippen LogP contribution in [0.4, 0.5) is 8.78 Å². The van der Waals surface area contributed by atoms with E-state index in [4.69, 9.17) is 0 Å². The van der Waals surface area contributed by atoms with Crippen molar-refractivity contribution in [3.63, 3.8) is 0 Å². The van der Waals surface area contributed by atoms with E-state index in [1.54, 1.807) is 0 Å². The largest absolute Gasteiger partial charge is 0.339 e. The van der Waals surface area contributed by atoms with E-state index in [0.717, 1.165) is 26.9 Å². The number of aryl methyl sites for hydroxylation is 3. The average Bonchev–Trinajstić information content (AvgIpc) is 3.28. The minimum Gasteiger partial charge on any atom is -0.339 e. The molecule has 1 N–H and O–H groups in total. The number of hydrogen-bond acceptors (Lipinski definition) is 4. The van der Waals surface area contributed by atoms with E-state index in [2.05, 4.69) is 15.4 Å². The van der Waals surface area contributed by atoms with Gasteiger partial charge in [-0.15, -0.1) is 11.3 Å². The lowest BCUT2D eigenvalue weighted by Gasteiger charge is -2.19. The summed E-state index contributed by atoms with van der Waals surface area (Å²) < 4.78 is 28.0. The van der Waals surface area contributed by atoms with Crippen molar-refractivity contribution in [3.05, 3.63) is 81.1 Å². The van der Waals surface area contributed by atoms with Crippen molar-refractivity contribution < 1.29 is 13.6 Å². The molecular formula is C22H20F2N4OS. The van der Waals surface area contributed by atoms with Gasteiger partial charge in [0.05, 0.1) is 11.3 Å². The zero-order chi connectivity index (χ0) is 21.4. The first-order valence-electron chi connectivity index (χ1n) is 9.39. The van der Waals surface area contributed by atoms with Gasteiger partial charge in [0.15, 0.2) is 0 Å². The summed E-state index contributed by atoms with van der Waals surface area (Å²) in [5, 5.41) is 9.37. The molecule has 4 rings (SSSR count). The van der Waals surface area contributed by atoms with Crippen molar-refractivity contribution in [2.75, 3.05) is 0 Å². The van der Waals surface area contributed by atoms with E-state index >= 15 is 0 Å². The maximum atomic E-state index is 13.4. The van der Waals surface area contributed by atoms with E-state index in [0.29, 0.717) is 5.01 Å². The summed E-state index contributed by atoms with van der Waals surface area (Å²) in [7, 11) is 1.51. The van der Waals surface area contributed by atoms with Crippen LogP contribution in [-0.2, 0) is 7.05 Å². The van der Waals surface area contributed by atoms with Crippen LogP contribution in [0.15, 0.2) is 48.7 Å². The molecule has 30 heavy (non-hydrogen) atoms. The Kier molecular flexibility index (Phi) is 5.34. The minimum atomic E-state index is -2.84. The van der Waals surface area contributed by atoms with Crippen LogP contribution in [-0.4, -0.2) is 20.7 Å². The third kappa shape index (κ3) is 3.70. The maximum absolute atomic E-state index is 13.4. The van der Waals surface area contributed by atoms with E-state index < -0.39 is 24.1 Å². The highest BCUT2D eigenvalue weighted by Gasteiger charge is 2.28. The van der Waals surface area contributed by atoms with Gasteiger partial charge >= 0.3 is 0 Å². The first-order valence-corrected chi connectivity index (χ1v) is 10.2. The van der Waals surface area contributed by atoms with Crippen LogP contribution in [0.2, 0.25) is 0 Å². The molecule has 154 valence electrons. The highest BCUT2D eigenvalue weighted by molar-refractivity contribution is 7.11. The molecule has 0 radical (unpaired) electrons. The van der Waals surface area contributed by atoms with Gasteiger partial charge < -0.3 is 5.32 Å². The molecule has 2 aromatic carbocycles. The fourth-order valence-electron chi connectivity index (χ4n) is 3.45. The standard InChI is InChI=1S/C22H20F2N4OS/c1-12-13(2)30-22(25-12)19(16-10-6-8-14-7-4-5-9-15(14)16)26-21(29)17-11-28(3)27-18(17)20(23)24/h4-11,19-20H,1-3H3,(H,26,29). The van der Waals surface area contributed by atoms with Crippen LogP contribution in [0.25, 0.3) is 10.8 Å². The summed E-state index contributed by atoms with van der Waals surface area (Å²) in [4.78, 5) is 18.7. The SMILES string of the molecule is Cc1nc(C(NC(=O)c2cn(C)nc2C(F)F)c2cccc3ccccc23)sc1C. The topological polar surface area (TPSA) is 59.8 Å². The minimum absolute atomic E-state index is 0.136. The first kappa shape index (κ1) is 20.2. The third-order valence-corrected chi connectivity index (χ3v) is 6.15. The fourth-order valence-corrected chi connectivity index (χ4v) is 4.44. The van der Waals surface area contributed by atoms with Crippen LogP contribution in [0.1, 0.15) is 49.7 Å². The van der Waals surface area contributed by atoms with Gasteiger partial charge in [-0.1, -0.05) is 42.5 Å². The second-order valence-corrected chi connectivity index (χ2v) is 8.31. The Bertz CT molecular complexity index is 1210. The summed E-state index contributed by atoms with van der Waals surface area (Å²) >= 11 is 1.48. The molecule has 4 aromatic rings. The fraction of sp³-hybridized carbons (Fsp3) is 0.227. The zero-order valence-corrected chi connectivity index (χ0v) is 17.5. The molecular weight excluding hydrogens is 406 g/mol. The van der Waals surface area contributed by atoms with Gasteiger partial charge in [-0.3, -0.25) is 9.48 Å². The lowest BCUT2D eigenvalue weighted by atomic mass is 9.98. The summed E-state index contributed by atoms with van der Waals surface area (Å²) in [5.41, 5.74) is 1.07. The molecule has 2 heterocycles. The number of benzene rings is 2. The van der Waals surface area contributed by atoms with Crippen LogP contribution in [0, 0.1) is 13.8 Å². The van der Waals surface area contributed by atoms with E-state index in [1.165, 1.54) is 29.3 Å². The molecule has 0 fully saturated rings. The summed E-state index contributed by atoms with van der Waals surface area (Å²) in [6, 6.07) is 13.1. The van der Waals surface area contributed by atoms with Crippen LogP contribution >= 0.6 is 11.3 Å². The molecule has 2 aromatic heterocycles. The van der Waals surface area contributed by atoms with Crippen LogP contribution in [0.5, 0.6) is 0 Å². The summed E-state index contributed by atoms with van der Waals surface area (Å²) in [6.07, 6.45) is -1.53. The molecule has 5 nitrogen and oxygen atoms in total. The predicted molar refractivity (Wildman–Crippen MR) is 113 cm³/mol. The molecule has 0 saturated carbocycles. The molecule has 1 atom stereocenters. The number of hydrogen-bond donors (Lipinski definition) is 1. The van der Waals surface area contributed by atoms with Gasteiger partial charge in [0.2, 0.25) is 0 Å². The Morgan fingerprint density at radius 1 is 1.13 bits per heavy atom. The maximum Gasteiger partial charge on any atom is 0.282 e. The van der Waals surface area contributed by atoms with E-state index in [9.17, 15) is 13.6 Å². The number of aromatic nitrogens is 3. The molecule has 1 unspecified atom stereocenters. The Labute approximate surface area is 176 Å².